The van der Waals surface area contributed by atoms with Crippen molar-refractivity contribution in [1.82, 2.24) is 14.5 Å². The molecule has 1 saturated carbocycles. The number of nitrogens with one attached hydrogen (secondary N) is 1. The lowest BCUT2D eigenvalue weighted by Gasteiger charge is -2.33. The average molecular weight is 448 g/mol. The smallest absolute Gasteiger partial charge is 0.327 e. The second kappa shape index (κ2) is 8.16. The number of alkyl halides is 5. The normalized spacial score (nSPS) is 27.8. The molecule has 172 valence electrons. The molecule has 4 atom stereocenters. The quantitative estimate of drug-likeness (QED) is 0.615. The van der Waals surface area contributed by atoms with E-state index < -0.39 is 54.2 Å². The van der Waals surface area contributed by atoms with Crippen LogP contribution >= 0.6 is 0 Å². The number of likely N-dealkylation sites (tertiary alicyclic amines) is 1. The summed E-state index contributed by atoms with van der Waals surface area (Å²) < 4.78 is 69.0. The summed E-state index contributed by atoms with van der Waals surface area (Å²) in [6, 6.07) is -2.31. The van der Waals surface area contributed by atoms with E-state index in [0.717, 1.165) is 12.8 Å². The number of halogens is 5. The molecule has 2 aliphatic carbocycles. The van der Waals surface area contributed by atoms with Gasteiger partial charge in [0.25, 0.3) is 5.56 Å². The van der Waals surface area contributed by atoms with Crippen LogP contribution in [0.4, 0.5) is 22.0 Å². The van der Waals surface area contributed by atoms with Crippen molar-refractivity contribution in [1.29, 1.82) is 0 Å². The fourth-order valence-corrected chi connectivity index (χ4v) is 5.05. The minimum absolute atomic E-state index is 0.0594. The van der Waals surface area contributed by atoms with Gasteiger partial charge >= 0.3 is 5.69 Å². The number of H-pyrrole nitrogens is 1. The lowest BCUT2D eigenvalue weighted by Crippen LogP contribution is -2.60. The molecule has 2 heterocycles. The largest absolute Gasteiger partial charge is 0.329 e. The van der Waals surface area contributed by atoms with Crippen LogP contribution in [0.2, 0.25) is 0 Å². The number of hydrogen-bond acceptors (Lipinski definition) is 4. The molecule has 3 N–H and O–H groups in total. The lowest BCUT2D eigenvalue weighted by atomic mass is 9.88. The molecule has 2 fully saturated rings. The molecule has 1 aromatic rings. The Morgan fingerprint density at radius 3 is 2.35 bits per heavy atom. The van der Waals surface area contributed by atoms with Gasteiger partial charge in [-0.15, -0.1) is 0 Å². The predicted molar refractivity (Wildman–Crippen MR) is 104 cm³/mol. The van der Waals surface area contributed by atoms with E-state index in [1.807, 2.05) is 0 Å². The minimum atomic E-state index is -3.25. The second-order valence-corrected chi connectivity index (χ2v) is 8.73. The summed E-state index contributed by atoms with van der Waals surface area (Å²) in [6.45, 7) is 2.02. The van der Waals surface area contributed by atoms with Crippen LogP contribution in [0.25, 0.3) is 11.6 Å². The third kappa shape index (κ3) is 3.86. The van der Waals surface area contributed by atoms with Crippen molar-refractivity contribution in [3.63, 3.8) is 0 Å². The Hall–Kier alpha value is -2.01. The van der Waals surface area contributed by atoms with Gasteiger partial charge in [0.15, 0.2) is 0 Å². The van der Waals surface area contributed by atoms with Crippen molar-refractivity contribution in [3.8, 4) is 0 Å². The van der Waals surface area contributed by atoms with Crippen LogP contribution in [-0.2, 0) is 0 Å². The summed E-state index contributed by atoms with van der Waals surface area (Å²) >= 11 is 0. The summed E-state index contributed by atoms with van der Waals surface area (Å²) in [5, 5.41) is 0.497. The molecule has 31 heavy (non-hydrogen) atoms. The first-order chi connectivity index (χ1) is 14.6. The Bertz CT molecular complexity index is 1070. The van der Waals surface area contributed by atoms with Gasteiger partial charge in [-0.1, -0.05) is 0 Å². The second-order valence-electron chi connectivity index (χ2n) is 8.73. The highest BCUT2D eigenvalue weighted by Gasteiger charge is 2.44. The van der Waals surface area contributed by atoms with Gasteiger partial charge in [-0.2, -0.15) is 0 Å². The van der Waals surface area contributed by atoms with E-state index in [1.165, 1.54) is 10.6 Å². The highest BCUT2D eigenvalue weighted by Crippen LogP contribution is 2.34. The third-order valence-electron chi connectivity index (χ3n) is 6.76. The summed E-state index contributed by atoms with van der Waals surface area (Å²) in [6.07, 6.45) is -5.06. The molecule has 1 aromatic heterocycles. The number of nitrogens with two attached hydrogens (primary N) is 1. The standard InChI is InChI=1S/C20H25F5N4O2/c1-8-15-11(19(30)27-20(31)29(15)10-2-3-10)6-12(21)16(8)28-5-4-9(7-28)14(26)13(17(22)23)18(24)25/h6,9-10,12-14,16-18H,2-5,7,26H2,1H3,(H,27,30,31). The van der Waals surface area contributed by atoms with Gasteiger partial charge in [0.1, 0.15) is 6.17 Å². The zero-order valence-electron chi connectivity index (χ0n) is 16.9. The van der Waals surface area contributed by atoms with Gasteiger partial charge in [0.05, 0.1) is 22.5 Å². The molecular weight excluding hydrogens is 423 g/mol. The average Bonchev–Trinajstić information content (AvgIpc) is 3.38. The zero-order valence-corrected chi connectivity index (χ0v) is 16.9. The van der Waals surface area contributed by atoms with Gasteiger partial charge in [-0.25, -0.2) is 26.7 Å². The highest BCUT2D eigenvalue weighted by atomic mass is 19.3. The van der Waals surface area contributed by atoms with Crippen LogP contribution in [0.5, 0.6) is 0 Å². The molecule has 0 spiro atoms. The van der Waals surface area contributed by atoms with Crippen molar-refractivity contribution in [2.24, 2.45) is 17.6 Å². The van der Waals surface area contributed by atoms with Crippen LogP contribution in [0.1, 0.15) is 32.2 Å². The maximum Gasteiger partial charge on any atom is 0.329 e. The van der Waals surface area contributed by atoms with Crippen LogP contribution in [0.3, 0.4) is 0 Å². The predicted octanol–water partition coefficient (Wildman–Crippen LogP) is 0.339. The first-order valence-corrected chi connectivity index (χ1v) is 10.4. The van der Waals surface area contributed by atoms with Crippen molar-refractivity contribution in [3.05, 3.63) is 31.4 Å². The molecular formula is C20H25F5N4O2. The fraction of sp³-hybridized carbons (Fsp3) is 0.700. The van der Waals surface area contributed by atoms with E-state index in [4.69, 9.17) is 5.73 Å². The number of rotatable bonds is 6. The van der Waals surface area contributed by atoms with Crippen molar-refractivity contribution < 1.29 is 22.0 Å². The van der Waals surface area contributed by atoms with E-state index in [2.05, 4.69) is 4.98 Å². The summed E-state index contributed by atoms with van der Waals surface area (Å²) in [5.41, 5.74) is 5.08. The molecule has 0 radical (unpaired) electrons. The Morgan fingerprint density at radius 1 is 1.13 bits per heavy atom. The van der Waals surface area contributed by atoms with E-state index in [9.17, 15) is 27.2 Å². The summed E-state index contributed by atoms with van der Waals surface area (Å²) in [5.74, 6) is -2.88. The van der Waals surface area contributed by atoms with Crippen molar-refractivity contribution in [2.45, 2.75) is 63.3 Å². The summed E-state index contributed by atoms with van der Waals surface area (Å²) in [7, 11) is 0. The van der Waals surface area contributed by atoms with E-state index in [0.29, 0.717) is 17.5 Å². The first-order valence-electron chi connectivity index (χ1n) is 10.4. The van der Waals surface area contributed by atoms with Gasteiger partial charge in [-0.3, -0.25) is 19.2 Å². The molecule has 0 bridgehead atoms. The molecule has 11 heteroatoms. The lowest BCUT2D eigenvalue weighted by molar-refractivity contribution is -0.0472. The Labute approximate surface area is 174 Å². The number of hydrogen-bond donors (Lipinski definition) is 2. The monoisotopic (exact) mass is 448 g/mol. The molecule has 4 rings (SSSR count). The number of nitrogens with zero attached hydrogens (tertiary/aromatic N) is 2. The molecule has 1 saturated heterocycles. The Kier molecular flexibility index (Phi) is 5.84. The zero-order chi connectivity index (χ0) is 22.6. The van der Waals surface area contributed by atoms with Gasteiger partial charge in [0, 0.05) is 18.6 Å². The van der Waals surface area contributed by atoms with Gasteiger partial charge in [0.2, 0.25) is 12.9 Å². The Morgan fingerprint density at radius 2 is 1.77 bits per heavy atom. The fourth-order valence-electron chi connectivity index (χ4n) is 5.05. The Balaban J connectivity index is 1.68. The van der Waals surface area contributed by atoms with E-state index >= 15 is 4.39 Å². The van der Waals surface area contributed by atoms with E-state index in [1.54, 1.807) is 11.8 Å². The maximum absolute atomic E-state index is 15.2. The number of aromatic nitrogens is 2. The number of fused-ring (bicyclic) bond motifs is 1. The number of aromatic amines is 1. The molecule has 0 aromatic carbocycles. The van der Waals surface area contributed by atoms with Crippen LogP contribution in [-0.4, -0.2) is 58.6 Å². The molecule has 0 amide bonds. The maximum atomic E-state index is 15.2. The third-order valence-corrected chi connectivity index (χ3v) is 6.76. The van der Waals surface area contributed by atoms with Gasteiger partial charge < -0.3 is 5.73 Å². The van der Waals surface area contributed by atoms with Gasteiger partial charge in [-0.05, 0) is 50.3 Å². The summed E-state index contributed by atoms with van der Waals surface area (Å²) in [4.78, 5) is 28.6. The van der Waals surface area contributed by atoms with Crippen molar-refractivity contribution >= 4 is 11.6 Å². The highest BCUT2D eigenvalue weighted by molar-refractivity contribution is 5.56. The molecule has 4 unspecified atom stereocenters. The van der Waals surface area contributed by atoms with Crippen molar-refractivity contribution in [2.75, 3.05) is 13.1 Å². The molecule has 6 nitrogen and oxygen atoms in total. The first kappa shape index (κ1) is 22.2. The van der Waals surface area contributed by atoms with Crippen LogP contribution < -0.4 is 27.6 Å². The molecule has 3 aliphatic rings. The SMILES string of the molecule is CC1=c2c(c(=O)[nH]c(=O)n2C2CC2)=CC(F)C1N1CCC(C(N)C(C(F)F)C(F)F)C1. The minimum Gasteiger partial charge on any atom is -0.327 e. The van der Waals surface area contributed by atoms with E-state index in [-0.39, 0.29) is 24.2 Å². The van der Waals surface area contributed by atoms with Crippen LogP contribution in [0.15, 0.2) is 9.59 Å². The topological polar surface area (TPSA) is 84.1 Å². The van der Waals surface area contributed by atoms with Crippen LogP contribution in [0, 0.1) is 11.8 Å². The molecule has 1 aliphatic heterocycles.